The van der Waals surface area contributed by atoms with Crippen LogP contribution < -0.4 is 5.32 Å². The van der Waals surface area contributed by atoms with Crippen molar-refractivity contribution < 1.29 is 27.6 Å². The van der Waals surface area contributed by atoms with Crippen LogP contribution in [0.25, 0.3) is 11.0 Å². The third kappa shape index (κ3) is 7.48. The molecule has 0 saturated carbocycles. The van der Waals surface area contributed by atoms with Gasteiger partial charge in [-0.05, 0) is 67.1 Å². The molecule has 9 nitrogen and oxygen atoms in total. The van der Waals surface area contributed by atoms with Gasteiger partial charge in [-0.25, -0.2) is 4.98 Å². The van der Waals surface area contributed by atoms with E-state index in [9.17, 15) is 32.8 Å². The number of aromatic nitrogens is 2. The number of alkyl halides is 3. The first-order chi connectivity index (χ1) is 21.0. The molecule has 1 N–H and O–H groups in total. The molecule has 0 radical (unpaired) electrons. The molecule has 2 aromatic carbocycles. The lowest BCUT2D eigenvalue weighted by molar-refractivity contribution is -0.190. The summed E-state index contributed by atoms with van der Waals surface area (Å²) in [7, 11) is 0. The van der Waals surface area contributed by atoms with Crippen LogP contribution in [-0.2, 0) is 22.7 Å². The van der Waals surface area contributed by atoms with Crippen molar-refractivity contribution in [2.75, 3.05) is 11.9 Å². The molecule has 4 rings (SSSR count). The number of nitriles is 1. The van der Waals surface area contributed by atoms with E-state index < -0.39 is 35.4 Å². The van der Waals surface area contributed by atoms with Crippen LogP contribution in [0.5, 0.6) is 0 Å². The van der Waals surface area contributed by atoms with Crippen LogP contribution in [0.4, 0.5) is 19.1 Å². The van der Waals surface area contributed by atoms with E-state index in [1.807, 2.05) is 0 Å². The van der Waals surface area contributed by atoms with Crippen LogP contribution in [0.2, 0.25) is 5.02 Å². The van der Waals surface area contributed by atoms with Crippen LogP contribution in [0.3, 0.4) is 0 Å². The van der Waals surface area contributed by atoms with Gasteiger partial charge in [0.25, 0.3) is 11.8 Å². The third-order valence-corrected chi connectivity index (χ3v) is 8.40. The van der Waals surface area contributed by atoms with Gasteiger partial charge in [0.2, 0.25) is 5.95 Å². The molecule has 1 saturated heterocycles. The van der Waals surface area contributed by atoms with Crippen molar-refractivity contribution in [3.8, 4) is 6.07 Å². The number of imidazole rings is 1. The van der Waals surface area contributed by atoms with Crippen molar-refractivity contribution in [3.63, 3.8) is 0 Å². The molecule has 0 spiro atoms. The monoisotopic (exact) mass is 642 g/mol. The van der Waals surface area contributed by atoms with Crippen molar-refractivity contribution in [3.05, 3.63) is 70.8 Å². The molecule has 238 valence electrons. The van der Waals surface area contributed by atoms with Gasteiger partial charge < -0.3 is 14.4 Å². The predicted octanol–water partition coefficient (Wildman–Crippen LogP) is 6.34. The zero-order valence-corrected chi connectivity index (χ0v) is 26.2. The van der Waals surface area contributed by atoms with E-state index in [0.29, 0.717) is 46.6 Å². The number of hydrogen-bond donors (Lipinski definition) is 1. The highest BCUT2D eigenvalue weighted by Crippen LogP contribution is 2.32. The summed E-state index contributed by atoms with van der Waals surface area (Å²) in [5.41, 5.74) is 0.854. The highest BCUT2D eigenvalue weighted by Gasteiger charge is 2.45. The fourth-order valence-electron chi connectivity index (χ4n) is 5.27. The molecule has 3 amide bonds. The standard InChI is InChI=1S/C32H34ClF3N6O3/c1-19(16-37)28(44)40-14-6-7-24(40)18-42-26-13-8-21(17-41(20(2)31(3,4)5)29(45)32(34,35)36)15-25(26)38-30(42)39-27(43)22-9-11-23(33)12-10-22/h8-13,15,20,24H,1,6-7,14,17-18H2,2-5H3,(H,38,39,43)/t20-,24?/m0/s1. The Labute approximate surface area is 264 Å². The van der Waals surface area contributed by atoms with E-state index in [-0.39, 0.29) is 30.7 Å². The second kappa shape index (κ2) is 12.9. The Morgan fingerprint density at radius 2 is 1.84 bits per heavy atom. The van der Waals surface area contributed by atoms with E-state index in [1.54, 1.807) is 85.7 Å². The summed E-state index contributed by atoms with van der Waals surface area (Å²) in [6.45, 7) is 10.8. The van der Waals surface area contributed by atoms with Crippen molar-refractivity contribution in [1.82, 2.24) is 19.4 Å². The largest absolute Gasteiger partial charge is 0.471 e. The number of carbonyl (C=O) groups is 3. The van der Waals surface area contributed by atoms with Gasteiger partial charge in [0.1, 0.15) is 11.6 Å². The molecule has 3 aromatic rings. The second-order valence-electron chi connectivity index (χ2n) is 12.2. The summed E-state index contributed by atoms with van der Waals surface area (Å²) in [6.07, 6.45) is -3.72. The minimum Gasteiger partial charge on any atom is -0.333 e. The lowest BCUT2D eigenvalue weighted by Crippen LogP contribution is -2.50. The molecule has 1 aromatic heterocycles. The number of nitrogens with one attached hydrogen (secondary N) is 1. The molecule has 1 unspecified atom stereocenters. The quantitative estimate of drug-likeness (QED) is 0.228. The number of hydrogen-bond acceptors (Lipinski definition) is 5. The molecule has 1 aliphatic rings. The van der Waals surface area contributed by atoms with Gasteiger partial charge in [-0.2, -0.15) is 18.4 Å². The molecule has 2 heterocycles. The van der Waals surface area contributed by atoms with Gasteiger partial charge in [0, 0.05) is 36.3 Å². The lowest BCUT2D eigenvalue weighted by Gasteiger charge is -2.38. The Morgan fingerprint density at radius 1 is 1.18 bits per heavy atom. The number of fused-ring (bicyclic) bond motifs is 1. The van der Waals surface area contributed by atoms with E-state index in [4.69, 9.17) is 11.6 Å². The maximum atomic E-state index is 13.6. The number of halogens is 4. The Morgan fingerprint density at radius 3 is 2.44 bits per heavy atom. The Kier molecular flexibility index (Phi) is 9.63. The predicted molar refractivity (Wildman–Crippen MR) is 164 cm³/mol. The van der Waals surface area contributed by atoms with Gasteiger partial charge >= 0.3 is 12.1 Å². The first kappa shape index (κ1) is 33.5. The topological polar surface area (TPSA) is 111 Å². The number of rotatable bonds is 8. The fraction of sp³-hybridized carbons (Fsp3) is 0.406. The smallest absolute Gasteiger partial charge is 0.333 e. The van der Waals surface area contributed by atoms with Gasteiger partial charge in [0.15, 0.2) is 0 Å². The molecular formula is C32H34ClF3N6O3. The summed E-state index contributed by atoms with van der Waals surface area (Å²) in [5.74, 6) is -2.72. The number of anilines is 1. The normalized spacial score (nSPS) is 15.9. The highest BCUT2D eigenvalue weighted by molar-refractivity contribution is 6.30. The molecule has 2 atom stereocenters. The Balaban J connectivity index is 1.74. The molecule has 45 heavy (non-hydrogen) atoms. The van der Waals surface area contributed by atoms with Gasteiger partial charge in [-0.15, -0.1) is 0 Å². The summed E-state index contributed by atoms with van der Waals surface area (Å²) in [6, 6.07) is 11.8. The van der Waals surface area contributed by atoms with Crippen LogP contribution in [0.1, 0.15) is 56.5 Å². The second-order valence-corrected chi connectivity index (χ2v) is 12.6. The van der Waals surface area contributed by atoms with Crippen molar-refractivity contribution in [1.29, 1.82) is 5.26 Å². The number of amides is 3. The van der Waals surface area contributed by atoms with Gasteiger partial charge in [0.05, 0.1) is 17.1 Å². The molecular weight excluding hydrogens is 609 g/mol. The zero-order valence-electron chi connectivity index (χ0n) is 25.4. The van der Waals surface area contributed by atoms with Gasteiger partial charge in [-0.1, -0.05) is 45.0 Å². The average Bonchev–Trinajstić information content (AvgIpc) is 3.57. The SMILES string of the molecule is C=C(C#N)C(=O)N1CCCC1Cn1c(NC(=O)c2ccc(Cl)cc2)nc2cc(CN(C(=O)C(F)(F)F)[C@@H](C)C(C)(C)C)ccc21. The van der Waals surface area contributed by atoms with Crippen LogP contribution in [0.15, 0.2) is 54.6 Å². The maximum absolute atomic E-state index is 13.6. The Bertz CT molecular complexity index is 1670. The van der Waals surface area contributed by atoms with E-state index >= 15 is 0 Å². The summed E-state index contributed by atoms with van der Waals surface area (Å²) in [5, 5.41) is 12.5. The maximum Gasteiger partial charge on any atom is 0.471 e. The summed E-state index contributed by atoms with van der Waals surface area (Å²) >= 11 is 5.97. The third-order valence-electron chi connectivity index (χ3n) is 8.15. The zero-order chi connectivity index (χ0) is 33.3. The number of likely N-dealkylation sites (tertiary alicyclic amines) is 1. The number of nitrogens with zero attached hydrogens (tertiary/aromatic N) is 5. The molecule has 1 fully saturated rings. The molecule has 0 aliphatic carbocycles. The van der Waals surface area contributed by atoms with Crippen molar-refractivity contribution in [2.24, 2.45) is 5.41 Å². The van der Waals surface area contributed by atoms with Crippen molar-refractivity contribution >= 4 is 46.3 Å². The first-order valence-corrected chi connectivity index (χ1v) is 14.7. The first-order valence-electron chi connectivity index (χ1n) is 14.3. The van der Waals surface area contributed by atoms with E-state index in [1.165, 1.54) is 0 Å². The summed E-state index contributed by atoms with van der Waals surface area (Å²) < 4.78 is 42.5. The number of benzene rings is 2. The fourth-order valence-corrected chi connectivity index (χ4v) is 5.39. The molecule has 13 heteroatoms. The molecule has 0 bridgehead atoms. The minimum atomic E-state index is -5.05. The van der Waals surface area contributed by atoms with E-state index in [0.717, 1.165) is 4.90 Å². The lowest BCUT2D eigenvalue weighted by atomic mass is 9.86. The highest BCUT2D eigenvalue weighted by atomic mass is 35.5. The average molecular weight is 643 g/mol. The molecule has 1 aliphatic heterocycles. The number of carbonyl (C=O) groups excluding carboxylic acids is 3. The van der Waals surface area contributed by atoms with Crippen molar-refractivity contribution in [2.45, 2.75) is 71.9 Å². The minimum absolute atomic E-state index is 0.159. The van der Waals surface area contributed by atoms with Crippen LogP contribution in [-0.4, -0.2) is 61.9 Å². The van der Waals surface area contributed by atoms with Crippen LogP contribution >= 0.6 is 11.6 Å². The van der Waals surface area contributed by atoms with Crippen LogP contribution in [0, 0.1) is 16.7 Å². The Hall–Kier alpha value is -4.37. The summed E-state index contributed by atoms with van der Waals surface area (Å²) in [4.78, 5) is 45.5. The van der Waals surface area contributed by atoms with E-state index in [2.05, 4.69) is 16.9 Å². The van der Waals surface area contributed by atoms with Gasteiger partial charge in [-0.3, -0.25) is 19.7 Å².